The molecule has 0 amide bonds. The van der Waals surface area contributed by atoms with Crippen molar-refractivity contribution in [3.05, 3.63) is 29.0 Å². The predicted octanol–water partition coefficient (Wildman–Crippen LogP) is 3.19. The fourth-order valence-electron chi connectivity index (χ4n) is 1.46. The third kappa shape index (κ3) is 4.83. The molecule has 84 valence electrons. The van der Waals surface area contributed by atoms with Crippen molar-refractivity contribution in [2.24, 2.45) is 0 Å². The van der Waals surface area contributed by atoms with Gasteiger partial charge in [0.05, 0.1) is 0 Å². The second-order valence-corrected chi connectivity index (χ2v) is 4.22. The van der Waals surface area contributed by atoms with Crippen molar-refractivity contribution in [1.82, 2.24) is 9.88 Å². The van der Waals surface area contributed by atoms with Crippen molar-refractivity contribution in [2.75, 3.05) is 19.0 Å². The highest BCUT2D eigenvalue weighted by atomic mass is 35.5. The molecule has 0 atom stereocenters. The number of halogens is 2. The van der Waals surface area contributed by atoms with Gasteiger partial charge in [-0.3, -0.25) is 4.90 Å². The summed E-state index contributed by atoms with van der Waals surface area (Å²) in [5.41, 5.74) is 1.18. The van der Waals surface area contributed by atoms with Crippen molar-refractivity contribution in [3.63, 3.8) is 0 Å². The van der Waals surface area contributed by atoms with Crippen molar-refractivity contribution in [3.8, 4) is 0 Å². The van der Waals surface area contributed by atoms with Crippen LogP contribution >= 0.6 is 23.2 Å². The minimum atomic E-state index is 0.540. The van der Waals surface area contributed by atoms with Gasteiger partial charge < -0.3 is 0 Å². The molecule has 2 nitrogen and oxygen atoms in total. The summed E-state index contributed by atoms with van der Waals surface area (Å²) >= 11 is 11.5. The summed E-state index contributed by atoms with van der Waals surface area (Å²) in [6.07, 6.45) is 2.96. The van der Waals surface area contributed by atoms with E-state index >= 15 is 0 Å². The first-order chi connectivity index (χ1) is 7.26. The van der Waals surface area contributed by atoms with Crippen LogP contribution in [0.3, 0.4) is 0 Å². The number of hydrogen-bond acceptors (Lipinski definition) is 2. The summed E-state index contributed by atoms with van der Waals surface area (Å²) in [5.74, 6) is 0.668. The minimum Gasteiger partial charge on any atom is -0.298 e. The van der Waals surface area contributed by atoms with Crippen molar-refractivity contribution >= 4 is 23.2 Å². The molecule has 0 aromatic carbocycles. The van der Waals surface area contributed by atoms with E-state index in [1.165, 1.54) is 5.56 Å². The number of alkyl halides is 1. The maximum Gasteiger partial charge on any atom is 0.129 e. The van der Waals surface area contributed by atoms with Gasteiger partial charge in [-0.1, -0.05) is 24.6 Å². The Bertz CT molecular complexity index is 268. The topological polar surface area (TPSA) is 16.1 Å². The van der Waals surface area contributed by atoms with Crippen LogP contribution in [-0.4, -0.2) is 28.9 Å². The van der Waals surface area contributed by atoms with E-state index in [-0.39, 0.29) is 0 Å². The molecule has 0 aliphatic carbocycles. The van der Waals surface area contributed by atoms with Crippen LogP contribution in [0.4, 0.5) is 0 Å². The second-order valence-electron chi connectivity index (χ2n) is 3.45. The summed E-state index contributed by atoms with van der Waals surface area (Å²) in [6.45, 7) is 5.04. The Kier molecular flexibility index (Phi) is 5.99. The van der Waals surface area contributed by atoms with Crippen LogP contribution in [0.5, 0.6) is 0 Å². The SMILES string of the molecule is CCCN(CCCl)Cc1ccc(Cl)nc1. The van der Waals surface area contributed by atoms with Gasteiger partial charge in [0, 0.05) is 25.2 Å². The van der Waals surface area contributed by atoms with Gasteiger partial charge in [0.25, 0.3) is 0 Å². The van der Waals surface area contributed by atoms with Crippen LogP contribution in [0.25, 0.3) is 0 Å². The molecular weight excluding hydrogens is 231 g/mol. The minimum absolute atomic E-state index is 0.540. The zero-order valence-corrected chi connectivity index (χ0v) is 10.4. The van der Waals surface area contributed by atoms with Gasteiger partial charge in [0.2, 0.25) is 0 Å². The van der Waals surface area contributed by atoms with Gasteiger partial charge in [-0.15, -0.1) is 11.6 Å². The number of aromatic nitrogens is 1. The van der Waals surface area contributed by atoms with Gasteiger partial charge in [-0.2, -0.15) is 0 Å². The fourth-order valence-corrected chi connectivity index (χ4v) is 1.81. The molecule has 15 heavy (non-hydrogen) atoms. The van der Waals surface area contributed by atoms with E-state index in [0.29, 0.717) is 11.0 Å². The Balaban J connectivity index is 2.53. The molecule has 0 aliphatic heterocycles. The Morgan fingerprint density at radius 2 is 2.13 bits per heavy atom. The Hall–Kier alpha value is -0.310. The zero-order chi connectivity index (χ0) is 11.1. The monoisotopic (exact) mass is 246 g/mol. The summed E-state index contributed by atoms with van der Waals surface area (Å²) in [5, 5.41) is 0.540. The molecule has 1 aromatic rings. The maximum absolute atomic E-state index is 5.75. The normalized spacial score (nSPS) is 10.9. The summed E-state index contributed by atoms with van der Waals surface area (Å²) in [4.78, 5) is 6.38. The van der Waals surface area contributed by atoms with Crippen molar-refractivity contribution < 1.29 is 0 Å². The second kappa shape index (κ2) is 7.04. The van der Waals surface area contributed by atoms with Crippen molar-refractivity contribution in [1.29, 1.82) is 0 Å². The molecule has 1 heterocycles. The maximum atomic E-state index is 5.75. The Morgan fingerprint density at radius 3 is 2.67 bits per heavy atom. The van der Waals surface area contributed by atoms with Gasteiger partial charge in [0.15, 0.2) is 0 Å². The summed E-state index contributed by atoms with van der Waals surface area (Å²) in [7, 11) is 0. The number of nitrogens with zero attached hydrogens (tertiary/aromatic N) is 2. The van der Waals surface area contributed by atoms with Gasteiger partial charge in [0.1, 0.15) is 5.15 Å². The molecule has 0 radical (unpaired) electrons. The first-order valence-corrected chi connectivity index (χ1v) is 6.06. The first-order valence-electron chi connectivity index (χ1n) is 5.15. The molecule has 0 aliphatic rings. The zero-order valence-electron chi connectivity index (χ0n) is 8.92. The molecule has 1 aromatic heterocycles. The molecule has 0 unspecified atom stereocenters. The molecule has 4 heteroatoms. The third-order valence-electron chi connectivity index (χ3n) is 2.14. The highest BCUT2D eigenvalue weighted by Gasteiger charge is 2.04. The molecule has 0 saturated heterocycles. The lowest BCUT2D eigenvalue weighted by atomic mass is 10.2. The number of pyridine rings is 1. The molecule has 0 spiro atoms. The van der Waals surface area contributed by atoms with E-state index in [0.717, 1.165) is 26.1 Å². The van der Waals surface area contributed by atoms with Crippen LogP contribution in [0.2, 0.25) is 5.15 Å². The van der Waals surface area contributed by atoms with Gasteiger partial charge >= 0.3 is 0 Å². The lowest BCUT2D eigenvalue weighted by Gasteiger charge is -2.20. The smallest absolute Gasteiger partial charge is 0.129 e. The van der Waals surface area contributed by atoms with E-state index in [4.69, 9.17) is 23.2 Å². The highest BCUT2D eigenvalue weighted by molar-refractivity contribution is 6.29. The third-order valence-corrected chi connectivity index (χ3v) is 2.53. The summed E-state index contributed by atoms with van der Waals surface area (Å²) < 4.78 is 0. The van der Waals surface area contributed by atoms with Crippen LogP contribution < -0.4 is 0 Å². The lowest BCUT2D eigenvalue weighted by molar-refractivity contribution is 0.282. The van der Waals surface area contributed by atoms with Crippen LogP contribution in [0, 0.1) is 0 Å². The number of hydrogen-bond donors (Lipinski definition) is 0. The van der Waals surface area contributed by atoms with Crippen LogP contribution in [0.15, 0.2) is 18.3 Å². The van der Waals surface area contributed by atoms with Crippen molar-refractivity contribution in [2.45, 2.75) is 19.9 Å². The molecule has 0 fully saturated rings. The first kappa shape index (κ1) is 12.8. The predicted molar refractivity (Wildman–Crippen MR) is 65.5 cm³/mol. The highest BCUT2D eigenvalue weighted by Crippen LogP contribution is 2.08. The summed E-state index contributed by atoms with van der Waals surface area (Å²) in [6, 6.07) is 3.83. The average Bonchev–Trinajstić information content (AvgIpc) is 2.22. The number of rotatable bonds is 6. The standard InChI is InChI=1S/C11H16Cl2N2/c1-2-6-15(7-5-12)9-10-3-4-11(13)14-8-10/h3-4,8H,2,5-7,9H2,1H3. The average molecular weight is 247 g/mol. The molecular formula is C11H16Cl2N2. The van der Waals surface area contributed by atoms with Crippen LogP contribution in [0.1, 0.15) is 18.9 Å². The van der Waals surface area contributed by atoms with Crippen LogP contribution in [-0.2, 0) is 6.54 Å². The van der Waals surface area contributed by atoms with E-state index in [9.17, 15) is 0 Å². The van der Waals surface area contributed by atoms with E-state index in [1.807, 2.05) is 18.3 Å². The molecule has 0 N–H and O–H groups in total. The Morgan fingerprint density at radius 1 is 1.33 bits per heavy atom. The molecule has 0 bridgehead atoms. The van der Waals surface area contributed by atoms with Gasteiger partial charge in [-0.05, 0) is 24.6 Å². The molecule has 0 saturated carbocycles. The van der Waals surface area contributed by atoms with Gasteiger partial charge in [-0.25, -0.2) is 4.98 Å². The largest absolute Gasteiger partial charge is 0.298 e. The Labute approximate surface area is 101 Å². The fraction of sp³-hybridized carbons (Fsp3) is 0.545. The quantitative estimate of drug-likeness (QED) is 0.567. The van der Waals surface area contributed by atoms with E-state index in [2.05, 4.69) is 16.8 Å². The van der Waals surface area contributed by atoms with E-state index in [1.54, 1.807) is 0 Å². The molecule has 1 rings (SSSR count). The lowest BCUT2D eigenvalue weighted by Crippen LogP contribution is -2.26. The van der Waals surface area contributed by atoms with E-state index < -0.39 is 0 Å².